The summed E-state index contributed by atoms with van der Waals surface area (Å²) in [5.41, 5.74) is 1.45. The van der Waals surface area contributed by atoms with Crippen molar-refractivity contribution in [1.29, 1.82) is 0 Å². The van der Waals surface area contributed by atoms with Crippen molar-refractivity contribution in [3.8, 4) is 11.5 Å². The molecule has 2 aromatic rings. The quantitative estimate of drug-likeness (QED) is 0.772. The van der Waals surface area contributed by atoms with Crippen LogP contribution in [0.25, 0.3) is 0 Å². The van der Waals surface area contributed by atoms with Crippen LogP contribution in [0.5, 0.6) is 11.5 Å². The zero-order valence-corrected chi connectivity index (χ0v) is 14.9. The van der Waals surface area contributed by atoms with Crippen molar-refractivity contribution in [3.05, 3.63) is 54.1 Å². The van der Waals surface area contributed by atoms with Gasteiger partial charge in [0.25, 0.3) is 0 Å². The summed E-state index contributed by atoms with van der Waals surface area (Å²) in [6, 6.07) is 13.0. The molecule has 0 atom stereocenters. The number of alkyl halides is 2. The minimum absolute atomic E-state index is 0.0825. The van der Waals surface area contributed by atoms with E-state index in [4.69, 9.17) is 4.74 Å². The first-order chi connectivity index (χ1) is 12.3. The van der Waals surface area contributed by atoms with Gasteiger partial charge < -0.3 is 19.7 Å². The first-order valence-corrected chi connectivity index (χ1v) is 8.16. The zero-order chi connectivity index (χ0) is 19.1. The predicted octanol–water partition coefficient (Wildman–Crippen LogP) is 4.74. The molecule has 0 saturated heterocycles. The first-order valence-electron chi connectivity index (χ1n) is 8.16. The van der Waals surface area contributed by atoms with Gasteiger partial charge in [0, 0.05) is 19.3 Å². The lowest BCUT2D eigenvalue weighted by Crippen LogP contribution is -2.30. The molecule has 0 saturated carbocycles. The molecule has 0 unspecified atom stereocenters. The van der Waals surface area contributed by atoms with Gasteiger partial charge in [0.2, 0.25) is 0 Å². The third-order valence-corrected chi connectivity index (χ3v) is 3.39. The third-order valence-electron chi connectivity index (χ3n) is 3.39. The van der Waals surface area contributed by atoms with Crippen LogP contribution in [0.15, 0.2) is 48.5 Å². The molecule has 0 aliphatic rings. The van der Waals surface area contributed by atoms with Gasteiger partial charge in [-0.25, -0.2) is 4.79 Å². The van der Waals surface area contributed by atoms with E-state index in [1.807, 2.05) is 13.8 Å². The molecule has 2 amide bonds. The highest BCUT2D eigenvalue weighted by atomic mass is 19.3. The Hall–Kier alpha value is -2.83. The van der Waals surface area contributed by atoms with Crippen LogP contribution in [0.3, 0.4) is 0 Å². The van der Waals surface area contributed by atoms with E-state index in [0.29, 0.717) is 12.2 Å². The van der Waals surface area contributed by atoms with Crippen molar-refractivity contribution in [1.82, 2.24) is 4.90 Å². The Morgan fingerprint density at radius 3 is 2.08 bits per heavy atom. The summed E-state index contributed by atoms with van der Waals surface area (Å²) in [7, 11) is 1.65. The molecule has 0 aromatic heterocycles. The molecular weight excluding hydrogens is 342 g/mol. The monoisotopic (exact) mass is 364 g/mol. The van der Waals surface area contributed by atoms with E-state index in [2.05, 4.69) is 10.1 Å². The number of benzene rings is 2. The van der Waals surface area contributed by atoms with Crippen LogP contribution in [0, 0.1) is 0 Å². The van der Waals surface area contributed by atoms with E-state index in [1.165, 1.54) is 17.0 Å². The molecule has 0 bridgehead atoms. The predicted molar refractivity (Wildman–Crippen MR) is 95.8 cm³/mol. The minimum atomic E-state index is -2.85. The summed E-state index contributed by atoms with van der Waals surface area (Å²) in [6.07, 6.45) is 0.0825. The van der Waals surface area contributed by atoms with E-state index in [1.54, 1.807) is 43.4 Å². The Bertz CT molecular complexity index is 704. The number of amides is 2. The SMILES string of the molecule is CC(C)Oc1ccc(NC(=O)N(C)Cc2ccc(OC(F)F)cc2)cc1. The lowest BCUT2D eigenvalue weighted by Gasteiger charge is -2.18. The fourth-order valence-electron chi connectivity index (χ4n) is 2.23. The second-order valence-electron chi connectivity index (χ2n) is 6.00. The number of nitrogens with zero attached hydrogens (tertiary/aromatic N) is 1. The van der Waals surface area contributed by atoms with Crippen LogP contribution in [-0.2, 0) is 6.54 Å². The lowest BCUT2D eigenvalue weighted by atomic mass is 10.2. The maximum absolute atomic E-state index is 12.3. The standard InChI is InChI=1S/C19H22F2N2O3/c1-13(2)25-16-10-6-15(7-11-16)22-19(24)23(3)12-14-4-8-17(9-5-14)26-18(20)21/h4-11,13,18H,12H2,1-3H3,(H,22,24). The number of rotatable bonds is 7. The number of anilines is 1. The van der Waals surface area contributed by atoms with Crippen molar-refractivity contribution in [2.75, 3.05) is 12.4 Å². The average Bonchev–Trinajstić information content (AvgIpc) is 2.57. The van der Waals surface area contributed by atoms with Crippen LogP contribution >= 0.6 is 0 Å². The second-order valence-corrected chi connectivity index (χ2v) is 6.00. The van der Waals surface area contributed by atoms with Crippen molar-refractivity contribution in [3.63, 3.8) is 0 Å². The van der Waals surface area contributed by atoms with Gasteiger partial charge in [-0.05, 0) is 55.8 Å². The second kappa shape index (κ2) is 9.03. The largest absolute Gasteiger partial charge is 0.491 e. The van der Waals surface area contributed by atoms with Crippen molar-refractivity contribution in [2.45, 2.75) is 33.1 Å². The molecule has 0 spiro atoms. The zero-order valence-electron chi connectivity index (χ0n) is 14.9. The number of carbonyl (C=O) groups excluding carboxylic acids is 1. The van der Waals surface area contributed by atoms with Gasteiger partial charge in [-0.15, -0.1) is 0 Å². The van der Waals surface area contributed by atoms with Gasteiger partial charge in [-0.2, -0.15) is 8.78 Å². The lowest BCUT2D eigenvalue weighted by molar-refractivity contribution is -0.0498. The van der Waals surface area contributed by atoms with Gasteiger partial charge >= 0.3 is 12.6 Å². The highest BCUT2D eigenvalue weighted by Gasteiger charge is 2.10. The number of hydrogen-bond acceptors (Lipinski definition) is 3. The van der Waals surface area contributed by atoms with E-state index < -0.39 is 6.61 Å². The number of carbonyl (C=O) groups is 1. The molecule has 2 aromatic carbocycles. The molecule has 0 fully saturated rings. The number of urea groups is 1. The van der Waals surface area contributed by atoms with Crippen LogP contribution in [0.2, 0.25) is 0 Å². The average molecular weight is 364 g/mol. The van der Waals surface area contributed by atoms with Crippen LogP contribution < -0.4 is 14.8 Å². The smallest absolute Gasteiger partial charge is 0.387 e. The maximum Gasteiger partial charge on any atom is 0.387 e. The summed E-state index contributed by atoms with van der Waals surface area (Å²) < 4.78 is 34.1. The highest BCUT2D eigenvalue weighted by molar-refractivity contribution is 5.89. The summed E-state index contributed by atoms with van der Waals surface area (Å²) in [5.74, 6) is 0.817. The molecule has 0 radical (unpaired) electrons. The number of ether oxygens (including phenoxy) is 2. The Labute approximate surface area is 151 Å². The Balaban J connectivity index is 1.88. The van der Waals surface area contributed by atoms with E-state index in [-0.39, 0.29) is 17.9 Å². The van der Waals surface area contributed by atoms with E-state index >= 15 is 0 Å². The fraction of sp³-hybridized carbons (Fsp3) is 0.316. The van der Waals surface area contributed by atoms with Crippen molar-refractivity contribution in [2.24, 2.45) is 0 Å². The minimum Gasteiger partial charge on any atom is -0.491 e. The van der Waals surface area contributed by atoms with Crippen LogP contribution in [0.4, 0.5) is 19.3 Å². The van der Waals surface area contributed by atoms with Crippen molar-refractivity contribution >= 4 is 11.7 Å². The summed E-state index contributed by atoms with van der Waals surface area (Å²) in [4.78, 5) is 13.7. The Morgan fingerprint density at radius 2 is 1.54 bits per heavy atom. The first kappa shape index (κ1) is 19.5. The summed E-state index contributed by atoms with van der Waals surface area (Å²) in [6.45, 7) is 1.36. The molecule has 26 heavy (non-hydrogen) atoms. The molecular formula is C19H22F2N2O3. The topological polar surface area (TPSA) is 50.8 Å². The molecule has 0 aliphatic heterocycles. The fourth-order valence-corrected chi connectivity index (χ4v) is 2.23. The molecule has 5 nitrogen and oxygen atoms in total. The molecule has 1 N–H and O–H groups in total. The third kappa shape index (κ3) is 6.23. The van der Waals surface area contributed by atoms with E-state index in [0.717, 1.165) is 11.3 Å². The van der Waals surface area contributed by atoms with Gasteiger partial charge in [0.1, 0.15) is 11.5 Å². The van der Waals surface area contributed by atoms with Crippen LogP contribution in [-0.4, -0.2) is 30.7 Å². The molecule has 0 heterocycles. The van der Waals surface area contributed by atoms with Gasteiger partial charge in [-0.1, -0.05) is 12.1 Å². The Kier molecular flexibility index (Phi) is 6.77. The Morgan fingerprint density at radius 1 is 1.00 bits per heavy atom. The van der Waals surface area contributed by atoms with E-state index in [9.17, 15) is 13.6 Å². The molecule has 140 valence electrons. The maximum atomic E-state index is 12.3. The summed E-state index contributed by atoms with van der Waals surface area (Å²) in [5, 5.41) is 2.79. The number of halogens is 2. The summed E-state index contributed by atoms with van der Waals surface area (Å²) >= 11 is 0. The molecule has 2 rings (SSSR count). The highest BCUT2D eigenvalue weighted by Crippen LogP contribution is 2.18. The normalized spacial score (nSPS) is 10.7. The van der Waals surface area contributed by atoms with Gasteiger partial charge in [0.15, 0.2) is 0 Å². The molecule has 0 aliphatic carbocycles. The van der Waals surface area contributed by atoms with Crippen LogP contribution in [0.1, 0.15) is 19.4 Å². The number of hydrogen-bond donors (Lipinski definition) is 1. The van der Waals surface area contributed by atoms with Crippen molar-refractivity contribution < 1.29 is 23.0 Å². The molecule has 7 heteroatoms. The van der Waals surface area contributed by atoms with Gasteiger partial charge in [0.05, 0.1) is 6.10 Å². The number of nitrogens with one attached hydrogen (secondary N) is 1. The van der Waals surface area contributed by atoms with Gasteiger partial charge in [-0.3, -0.25) is 0 Å².